The van der Waals surface area contributed by atoms with Crippen molar-refractivity contribution < 1.29 is 14.3 Å². The topological polar surface area (TPSA) is 58.6 Å². The molecule has 0 aliphatic rings. The van der Waals surface area contributed by atoms with Crippen LogP contribution in [-0.2, 0) is 9.59 Å². The van der Waals surface area contributed by atoms with Gasteiger partial charge < -0.3 is 15.0 Å². The van der Waals surface area contributed by atoms with E-state index in [2.05, 4.69) is 5.32 Å². The number of anilines is 2. The van der Waals surface area contributed by atoms with Gasteiger partial charge in [0, 0.05) is 25.6 Å². The van der Waals surface area contributed by atoms with E-state index in [0.717, 1.165) is 16.8 Å². The molecule has 2 aromatic rings. The van der Waals surface area contributed by atoms with Gasteiger partial charge in [-0.05, 0) is 43.2 Å². The van der Waals surface area contributed by atoms with Crippen LogP contribution in [0.15, 0.2) is 42.5 Å². The molecule has 0 heterocycles. The van der Waals surface area contributed by atoms with Gasteiger partial charge in [-0.15, -0.1) is 0 Å². The maximum Gasteiger partial charge on any atom is 0.226 e. The predicted molar refractivity (Wildman–Crippen MR) is 100 cm³/mol. The van der Waals surface area contributed by atoms with Crippen LogP contribution in [0.2, 0.25) is 0 Å². The molecule has 0 unspecified atom stereocenters. The number of rotatable bonds is 6. The minimum Gasteiger partial charge on any atom is -0.495 e. The van der Waals surface area contributed by atoms with Crippen LogP contribution < -0.4 is 15.0 Å². The lowest BCUT2D eigenvalue weighted by Gasteiger charge is -2.24. The molecule has 0 aromatic heterocycles. The summed E-state index contributed by atoms with van der Waals surface area (Å²) >= 11 is 0. The first-order valence-corrected chi connectivity index (χ1v) is 8.21. The average molecular weight is 340 g/mol. The van der Waals surface area contributed by atoms with Crippen LogP contribution in [0.5, 0.6) is 5.75 Å². The Labute approximate surface area is 148 Å². The molecule has 0 aliphatic heterocycles. The number of aryl methyl sites for hydroxylation is 1. The van der Waals surface area contributed by atoms with Crippen LogP contribution in [0.3, 0.4) is 0 Å². The number of nitrogens with zero attached hydrogens (tertiary/aromatic N) is 1. The zero-order valence-electron chi connectivity index (χ0n) is 15.1. The fourth-order valence-corrected chi connectivity index (χ4v) is 2.65. The van der Waals surface area contributed by atoms with Crippen molar-refractivity contribution in [2.45, 2.75) is 27.2 Å². The average Bonchev–Trinajstić information content (AvgIpc) is 2.59. The molecule has 0 radical (unpaired) electrons. The van der Waals surface area contributed by atoms with E-state index in [-0.39, 0.29) is 18.2 Å². The number of hydrogen-bond donors (Lipinski definition) is 1. The molecule has 0 atom stereocenters. The first kappa shape index (κ1) is 18.5. The normalized spacial score (nSPS) is 10.2. The first-order chi connectivity index (χ1) is 11.9. The summed E-state index contributed by atoms with van der Waals surface area (Å²) in [5.41, 5.74) is 3.62. The van der Waals surface area contributed by atoms with Crippen LogP contribution in [0.1, 0.15) is 24.5 Å². The quantitative estimate of drug-likeness (QED) is 0.872. The lowest BCUT2D eigenvalue weighted by atomic mass is 10.1. The van der Waals surface area contributed by atoms with Gasteiger partial charge in [0.1, 0.15) is 5.75 Å². The number of carbonyl (C=O) groups excluding carboxylic acids is 2. The van der Waals surface area contributed by atoms with Crippen molar-refractivity contribution in [3.05, 3.63) is 53.6 Å². The number of para-hydroxylation sites is 2. The van der Waals surface area contributed by atoms with Gasteiger partial charge in [0.25, 0.3) is 0 Å². The Bertz CT molecular complexity index is 771. The number of carbonyl (C=O) groups is 2. The molecule has 0 saturated carbocycles. The fourth-order valence-electron chi connectivity index (χ4n) is 2.65. The summed E-state index contributed by atoms with van der Waals surface area (Å²) in [6.45, 7) is 5.82. The zero-order chi connectivity index (χ0) is 18.4. The summed E-state index contributed by atoms with van der Waals surface area (Å²) in [6.07, 6.45) is 0.199. The van der Waals surface area contributed by atoms with E-state index >= 15 is 0 Å². The highest BCUT2D eigenvalue weighted by atomic mass is 16.5. The van der Waals surface area contributed by atoms with Crippen molar-refractivity contribution in [2.24, 2.45) is 0 Å². The standard InChI is InChI=1S/C20H24N2O3/c1-14-8-7-10-18(15(14)2)22(16(3)23)13-12-20(24)21-17-9-5-6-11-19(17)25-4/h5-11H,12-13H2,1-4H3,(H,21,24). The van der Waals surface area contributed by atoms with Crippen molar-refractivity contribution in [2.75, 3.05) is 23.9 Å². The second-order valence-corrected chi connectivity index (χ2v) is 5.89. The first-order valence-electron chi connectivity index (χ1n) is 8.21. The number of ether oxygens (including phenoxy) is 1. The van der Waals surface area contributed by atoms with E-state index in [1.54, 1.807) is 24.1 Å². The molecular formula is C20H24N2O3. The largest absolute Gasteiger partial charge is 0.495 e. The number of methoxy groups -OCH3 is 1. The Balaban J connectivity index is 2.07. The highest BCUT2D eigenvalue weighted by Crippen LogP contribution is 2.25. The van der Waals surface area contributed by atoms with Gasteiger partial charge in [-0.3, -0.25) is 9.59 Å². The van der Waals surface area contributed by atoms with Gasteiger partial charge in [0.05, 0.1) is 12.8 Å². The molecule has 0 saturated heterocycles. The van der Waals surface area contributed by atoms with Crippen LogP contribution in [-0.4, -0.2) is 25.5 Å². The Hall–Kier alpha value is -2.82. The van der Waals surface area contributed by atoms with E-state index in [4.69, 9.17) is 4.74 Å². The van der Waals surface area contributed by atoms with Gasteiger partial charge in [-0.1, -0.05) is 24.3 Å². The van der Waals surface area contributed by atoms with Gasteiger partial charge >= 0.3 is 0 Å². The summed E-state index contributed by atoms with van der Waals surface area (Å²) in [6, 6.07) is 13.1. The van der Waals surface area contributed by atoms with Crippen molar-refractivity contribution in [3.8, 4) is 5.75 Å². The van der Waals surface area contributed by atoms with E-state index in [0.29, 0.717) is 18.0 Å². The highest BCUT2D eigenvalue weighted by Gasteiger charge is 2.16. The van der Waals surface area contributed by atoms with Crippen LogP contribution in [0.25, 0.3) is 0 Å². The molecule has 0 aliphatic carbocycles. The van der Waals surface area contributed by atoms with Crippen molar-refractivity contribution >= 4 is 23.2 Å². The summed E-state index contributed by atoms with van der Waals surface area (Å²) in [7, 11) is 1.56. The fraction of sp³-hybridized carbons (Fsp3) is 0.300. The second-order valence-electron chi connectivity index (χ2n) is 5.89. The molecule has 5 heteroatoms. The van der Waals surface area contributed by atoms with Gasteiger partial charge in [-0.25, -0.2) is 0 Å². The van der Waals surface area contributed by atoms with E-state index in [9.17, 15) is 9.59 Å². The lowest BCUT2D eigenvalue weighted by Crippen LogP contribution is -2.32. The van der Waals surface area contributed by atoms with Gasteiger partial charge in [-0.2, -0.15) is 0 Å². The molecule has 0 fully saturated rings. The smallest absolute Gasteiger partial charge is 0.226 e. The molecular weight excluding hydrogens is 316 g/mol. The molecule has 0 bridgehead atoms. The van der Waals surface area contributed by atoms with E-state index in [1.807, 2.05) is 44.2 Å². The van der Waals surface area contributed by atoms with Gasteiger partial charge in [0.2, 0.25) is 11.8 Å². The predicted octanol–water partition coefficient (Wildman–Crippen LogP) is 3.69. The molecule has 0 spiro atoms. The lowest BCUT2D eigenvalue weighted by molar-refractivity contribution is -0.117. The van der Waals surface area contributed by atoms with Crippen molar-refractivity contribution in [3.63, 3.8) is 0 Å². The van der Waals surface area contributed by atoms with Crippen LogP contribution in [0.4, 0.5) is 11.4 Å². The SMILES string of the molecule is COc1ccccc1NC(=O)CCN(C(C)=O)c1cccc(C)c1C. The van der Waals surface area contributed by atoms with E-state index < -0.39 is 0 Å². The Morgan fingerprint density at radius 3 is 2.48 bits per heavy atom. The van der Waals surface area contributed by atoms with Gasteiger partial charge in [0.15, 0.2) is 0 Å². The number of benzene rings is 2. The third-order valence-electron chi connectivity index (χ3n) is 4.19. The van der Waals surface area contributed by atoms with Crippen LogP contribution >= 0.6 is 0 Å². The summed E-state index contributed by atoms with van der Waals surface area (Å²) in [4.78, 5) is 26.0. The van der Waals surface area contributed by atoms with Crippen molar-refractivity contribution in [1.82, 2.24) is 0 Å². The molecule has 2 aromatic carbocycles. The minimum atomic E-state index is -0.166. The molecule has 5 nitrogen and oxygen atoms in total. The second kappa shape index (κ2) is 8.33. The van der Waals surface area contributed by atoms with Crippen molar-refractivity contribution in [1.29, 1.82) is 0 Å². The molecule has 25 heavy (non-hydrogen) atoms. The summed E-state index contributed by atoms with van der Waals surface area (Å²) in [5.74, 6) is 0.355. The maximum absolute atomic E-state index is 12.3. The van der Waals surface area contributed by atoms with Crippen LogP contribution in [0, 0.1) is 13.8 Å². The number of amides is 2. The molecule has 2 amide bonds. The minimum absolute atomic E-state index is 0.0845. The Kier molecular flexibility index (Phi) is 6.17. The molecule has 2 rings (SSSR count). The number of nitrogens with one attached hydrogen (secondary N) is 1. The maximum atomic E-state index is 12.3. The third kappa shape index (κ3) is 4.59. The summed E-state index contributed by atoms with van der Waals surface area (Å²) < 4.78 is 5.23. The summed E-state index contributed by atoms with van der Waals surface area (Å²) in [5, 5.41) is 2.83. The Morgan fingerprint density at radius 1 is 1.08 bits per heavy atom. The van der Waals surface area contributed by atoms with E-state index in [1.165, 1.54) is 6.92 Å². The zero-order valence-corrected chi connectivity index (χ0v) is 15.1. The monoisotopic (exact) mass is 340 g/mol. The highest BCUT2D eigenvalue weighted by molar-refractivity contribution is 5.96. The number of hydrogen-bond acceptors (Lipinski definition) is 3. The molecule has 132 valence electrons. The molecule has 1 N–H and O–H groups in total. The Morgan fingerprint density at radius 2 is 1.80 bits per heavy atom. The third-order valence-corrected chi connectivity index (χ3v) is 4.19.